The molecule has 1 fully saturated rings. The molecule has 3 rings (SSSR count). The fourth-order valence-electron chi connectivity index (χ4n) is 2.84. The smallest absolute Gasteiger partial charge is 0.312 e. The van der Waals surface area contributed by atoms with E-state index in [4.69, 9.17) is 23.7 Å². The molecule has 1 aliphatic heterocycles. The Morgan fingerprint density at radius 1 is 1.13 bits per heavy atom. The fourth-order valence-corrected chi connectivity index (χ4v) is 2.84. The number of hydrogen-bond acceptors (Lipinski definition) is 8. The van der Waals surface area contributed by atoms with E-state index in [1.807, 2.05) is 0 Å². The lowest BCUT2D eigenvalue weighted by atomic mass is 10.1. The number of esters is 1. The molecule has 1 saturated heterocycles. The Kier molecular flexibility index (Phi) is 7.58. The number of carbonyl (C=O) groups excluding carboxylic acids is 1. The Labute approximate surface area is 173 Å². The van der Waals surface area contributed by atoms with Crippen LogP contribution in [0, 0.1) is 10.1 Å². The number of nitrogens with zero attached hydrogens (tertiary/aromatic N) is 1. The standard InChI is InChI=1S/C21H23NO8/c1-26-16-6-8-17(9-7-16)27-11-2-4-20(23)30-19-10-5-15(14-18(19)22(24)25)21-28-12-3-13-29-21/h5-10,14,21H,2-4,11-13H2,1H3. The summed E-state index contributed by atoms with van der Waals surface area (Å²) >= 11 is 0. The zero-order chi connectivity index (χ0) is 21.3. The lowest BCUT2D eigenvalue weighted by molar-refractivity contribution is -0.385. The van der Waals surface area contributed by atoms with E-state index in [1.165, 1.54) is 12.1 Å². The third-order valence-electron chi connectivity index (χ3n) is 4.36. The van der Waals surface area contributed by atoms with Gasteiger partial charge in [-0.1, -0.05) is 0 Å². The summed E-state index contributed by atoms with van der Waals surface area (Å²) in [6.45, 7) is 1.35. The lowest BCUT2D eigenvalue weighted by Crippen LogP contribution is -2.18. The average molecular weight is 417 g/mol. The minimum Gasteiger partial charge on any atom is -0.497 e. The van der Waals surface area contributed by atoms with Gasteiger partial charge in [0.1, 0.15) is 11.5 Å². The topological polar surface area (TPSA) is 106 Å². The van der Waals surface area contributed by atoms with Crippen LogP contribution >= 0.6 is 0 Å². The molecule has 9 nitrogen and oxygen atoms in total. The van der Waals surface area contributed by atoms with Crippen molar-refractivity contribution in [2.24, 2.45) is 0 Å². The molecule has 9 heteroatoms. The quantitative estimate of drug-likeness (QED) is 0.199. The minimum absolute atomic E-state index is 0.0594. The maximum Gasteiger partial charge on any atom is 0.312 e. The van der Waals surface area contributed by atoms with Crippen molar-refractivity contribution in [1.82, 2.24) is 0 Å². The third kappa shape index (κ3) is 5.91. The van der Waals surface area contributed by atoms with Gasteiger partial charge in [0.2, 0.25) is 5.75 Å². The van der Waals surface area contributed by atoms with Crippen LogP contribution in [0.4, 0.5) is 5.69 Å². The Bertz CT molecular complexity index is 862. The molecule has 160 valence electrons. The Morgan fingerprint density at radius 3 is 2.50 bits per heavy atom. The van der Waals surface area contributed by atoms with Gasteiger partial charge in [-0.25, -0.2) is 0 Å². The Hall–Kier alpha value is -3.17. The summed E-state index contributed by atoms with van der Waals surface area (Å²) in [5, 5.41) is 11.4. The maximum atomic E-state index is 12.1. The zero-order valence-corrected chi connectivity index (χ0v) is 16.6. The predicted octanol–water partition coefficient (Wildman–Crippen LogP) is 3.80. The number of methoxy groups -OCH3 is 1. The Morgan fingerprint density at radius 2 is 1.83 bits per heavy atom. The second-order valence-corrected chi connectivity index (χ2v) is 6.51. The number of benzene rings is 2. The summed E-state index contributed by atoms with van der Waals surface area (Å²) in [5.74, 6) is 0.692. The van der Waals surface area contributed by atoms with E-state index in [2.05, 4.69) is 0 Å². The highest BCUT2D eigenvalue weighted by molar-refractivity contribution is 5.74. The zero-order valence-electron chi connectivity index (χ0n) is 16.6. The molecule has 0 N–H and O–H groups in total. The molecule has 0 spiro atoms. The van der Waals surface area contributed by atoms with Gasteiger partial charge in [-0.3, -0.25) is 14.9 Å². The van der Waals surface area contributed by atoms with Crippen molar-refractivity contribution >= 4 is 11.7 Å². The van der Waals surface area contributed by atoms with Crippen LogP contribution in [-0.2, 0) is 14.3 Å². The van der Waals surface area contributed by atoms with Crippen LogP contribution in [0.5, 0.6) is 17.2 Å². The number of carbonyl (C=O) groups is 1. The van der Waals surface area contributed by atoms with E-state index in [0.717, 1.165) is 12.2 Å². The molecular formula is C21H23NO8. The summed E-state index contributed by atoms with van der Waals surface area (Å²) in [4.78, 5) is 22.9. The number of ether oxygens (including phenoxy) is 5. The largest absolute Gasteiger partial charge is 0.497 e. The van der Waals surface area contributed by atoms with Crippen LogP contribution in [0.25, 0.3) is 0 Å². The molecular weight excluding hydrogens is 394 g/mol. The number of nitro groups is 1. The molecule has 2 aromatic rings. The van der Waals surface area contributed by atoms with Crippen molar-refractivity contribution < 1.29 is 33.4 Å². The highest BCUT2D eigenvalue weighted by atomic mass is 16.7. The van der Waals surface area contributed by atoms with Crippen LogP contribution in [0.15, 0.2) is 42.5 Å². The molecule has 2 aromatic carbocycles. The van der Waals surface area contributed by atoms with E-state index in [0.29, 0.717) is 37.6 Å². The number of hydrogen-bond donors (Lipinski definition) is 0. The van der Waals surface area contributed by atoms with Gasteiger partial charge in [-0.15, -0.1) is 0 Å². The summed E-state index contributed by atoms with van der Waals surface area (Å²) < 4.78 is 26.7. The summed E-state index contributed by atoms with van der Waals surface area (Å²) in [6, 6.07) is 11.4. The van der Waals surface area contributed by atoms with Crippen molar-refractivity contribution in [2.45, 2.75) is 25.6 Å². The van der Waals surface area contributed by atoms with Crippen LogP contribution in [0.3, 0.4) is 0 Å². The predicted molar refractivity (Wildman–Crippen MR) is 106 cm³/mol. The molecule has 0 aliphatic carbocycles. The van der Waals surface area contributed by atoms with Gasteiger partial charge in [-0.2, -0.15) is 0 Å². The summed E-state index contributed by atoms with van der Waals surface area (Å²) in [6.07, 6.45) is 0.582. The average Bonchev–Trinajstić information content (AvgIpc) is 2.78. The van der Waals surface area contributed by atoms with Gasteiger partial charge >= 0.3 is 11.7 Å². The minimum atomic E-state index is -0.655. The highest BCUT2D eigenvalue weighted by Gasteiger charge is 2.24. The van der Waals surface area contributed by atoms with Crippen LogP contribution in [-0.4, -0.2) is 37.8 Å². The van der Waals surface area contributed by atoms with Crippen molar-refractivity contribution in [2.75, 3.05) is 26.9 Å². The number of rotatable bonds is 9. The molecule has 1 heterocycles. The lowest BCUT2D eigenvalue weighted by Gasteiger charge is -2.23. The Balaban J connectivity index is 1.51. The molecule has 30 heavy (non-hydrogen) atoms. The van der Waals surface area contributed by atoms with Crippen molar-refractivity contribution in [3.8, 4) is 17.2 Å². The number of nitro benzene ring substituents is 1. The first kappa shape index (κ1) is 21.5. The van der Waals surface area contributed by atoms with Crippen LogP contribution in [0.2, 0.25) is 0 Å². The first-order valence-corrected chi connectivity index (χ1v) is 9.56. The normalized spacial score (nSPS) is 14.2. The molecule has 1 aliphatic rings. The van der Waals surface area contributed by atoms with Crippen LogP contribution < -0.4 is 14.2 Å². The second kappa shape index (κ2) is 10.6. The molecule has 0 bridgehead atoms. The van der Waals surface area contributed by atoms with E-state index in [9.17, 15) is 14.9 Å². The highest BCUT2D eigenvalue weighted by Crippen LogP contribution is 2.33. The van der Waals surface area contributed by atoms with Crippen molar-refractivity contribution in [3.63, 3.8) is 0 Å². The van der Waals surface area contributed by atoms with Gasteiger partial charge in [0.15, 0.2) is 6.29 Å². The monoisotopic (exact) mass is 417 g/mol. The fraction of sp³-hybridized carbons (Fsp3) is 0.381. The maximum absolute atomic E-state index is 12.1. The first-order chi connectivity index (χ1) is 14.6. The molecule has 0 aromatic heterocycles. The molecule has 0 unspecified atom stereocenters. The van der Waals surface area contributed by atoms with Crippen LogP contribution in [0.1, 0.15) is 31.1 Å². The third-order valence-corrected chi connectivity index (χ3v) is 4.36. The van der Waals surface area contributed by atoms with E-state index in [1.54, 1.807) is 37.4 Å². The summed E-state index contributed by atoms with van der Waals surface area (Å²) in [5.41, 5.74) is 0.196. The van der Waals surface area contributed by atoms with Gasteiger partial charge in [0, 0.05) is 18.1 Å². The van der Waals surface area contributed by atoms with Gasteiger partial charge in [0.05, 0.1) is 31.9 Å². The van der Waals surface area contributed by atoms with Gasteiger partial charge < -0.3 is 23.7 Å². The molecule has 0 saturated carbocycles. The SMILES string of the molecule is COc1ccc(OCCCC(=O)Oc2ccc(C3OCCCO3)cc2[N+](=O)[O-])cc1. The molecule has 0 radical (unpaired) electrons. The second-order valence-electron chi connectivity index (χ2n) is 6.51. The molecule has 0 atom stereocenters. The van der Waals surface area contributed by atoms with E-state index in [-0.39, 0.29) is 17.9 Å². The molecule has 0 amide bonds. The van der Waals surface area contributed by atoms with Gasteiger partial charge in [-0.05, 0) is 49.2 Å². The summed E-state index contributed by atoms with van der Waals surface area (Å²) in [7, 11) is 1.58. The first-order valence-electron chi connectivity index (χ1n) is 9.56. The van der Waals surface area contributed by atoms with Gasteiger partial charge in [0.25, 0.3) is 0 Å². The van der Waals surface area contributed by atoms with Crippen molar-refractivity contribution in [1.29, 1.82) is 0 Å². The van der Waals surface area contributed by atoms with Crippen molar-refractivity contribution in [3.05, 3.63) is 58.1 Å². The van der Waals surface area contributed by atoms with E-state index < -0.39 is 17.2 Å². The van der Waals surface area contributed by atoms with E-state index >= 15 is 0 Å².